The van der Waals surface area contributed by atoms with Crippen LogP contribution >= 0.6 is 11.6 Å². The lowest BCUT2D eigenvalue weighted by Crippen LogP contribution is -2.43. The predicted octanol–water partition coefficient (Wildman–Crippen LogP) is 1.27. The average Bonchev–Trinajstić information content (AvgIpc) is 2.41. The van der Waals surface area contributed by atoms with Crippen LogP contribution in [0.5, 0.6) is 0 Å². The SMILES string of the molecule is O=c1[nH]c2ccc(Cl)cc2c(=O)n1C1CCCNC1. The Bertz CT molecular complexity index is 729. The van der Waals surface area contributed by atoms with E-state index in [9.17, 15) is 9.59 Å². The number of aromatic amines is 1. The quantitative estimate of drug-likeness (QED) is 0.826. The Morgan fingerprint density at radius 3 is 2.89 bits per heavy atom. The third-order valence-corrected chi connectivity index (χ3v) is 3.76. The van der Waals surface area contributed by atoms with E-state index in [4.69, 9.17) is 11.6 Å². The third kappa shape index (κ3) is 2.19. The molecular formula is C13H14ClN3O2. The van der Waals surface area contributed by atoms with Crippen LogP contribution in [0.2, 0.25) is 5.02 Å². The maximum absolute atomic E-state index is 12.5. The van der Waals surface area contributed by atoms with E-state index in [1.54, 1.807) is 18.2 Å². The molecule has 2 N–H and O–H groups in total. The van der Waals surface area contributed by atoms with Gasteiger partial charge in [-0.05, 0) is 37.6 Å². The molecule has 2 heterocycles. The van der Waals surface area contributed by atoms with Crippen molar-refractivity contribution in [3.8, 4) is 0 Å². The molecule has 1 atom stereocenters. The van der Waals surface area contributed by atoms with Gasteiger partial charge in [0.1, 0.15) is 0 Å². The van der Waals surface area contributed by atoms with Gasteiger partial charge in [-0.15, -0.1) is 0 Å². The zero-order chi connectivity index (χ0) is 13.4. The van der Waals surface area contributed by atoms with Gasteiger partial charge in [0, 0.05) is 11.6 Å². The molecule has 0 aliphatic carbocycles. The molecule has 0 spiro atoms. The van der Waals surface area contributed by atoms with E-state index in [1.165, 1.54) is 4.57 Å². The number of hydrogen-bond donors (Lipinski definition) is 2. The van der Waals surface area contributed by atoms with E-state index in [0.29, 0.717) is 22.5 Å². The fourth-order valence-corrected chi connectivity index (χ4v) is 2.76. The fourth-order valence-electron chi connectivity index (χ4n) is 2.59. The number of aromatic nitrogens is 2. The molecule has 0 bridgehead atoms. The Balaban J connectivity index is 2.24. The van der Waals surface area contributed by atoms with E-state index < -0.39 is 0 Å². The summed E-state index contributed by atoms with van der Waals surface area (Å²) in [5, 5.41) is 4.16. The van der Waals surface area contributed by atoms with Gasteiger partial charge < -0.3 is 10.3 Å². The standard InChI is InChI=1S/C13H14ClN3O2/c14-8-3-4-11-10(6-8)12(18)17(13(19)16-11)9-2-1-5-15-7-9/h3-4,6,9,15H,1-2,5,7H2,(H,16,19). The van der Waals surface area contributed by atoms with Crippen molar-refractivity contribution in [1.29, 1.82) is 0 Å². The predicted molar refractivity (Wildman–Crippen MR) is 75.0 cm³/mol. The van der Waals surface area contributed by atoms with Crippen LogP contribution in [0, 0.1) is 0 Å². The first kappa shape index (κ1) is 12.4. The maximum Gasteiger partial charge on any atom is 0.329 e. The number of halogens is 1. The molecule has 6 heteroatoms. The van der Waals surface area contributed by atoms with Gasteiger partial charge in [-0.1, -0.05) is 11.6 Å². The van der Waals surface area contributed by atoms with Crippen LogP contribution < -0.4 is 16.6 Å². The summed E-state index contributed by atoms with van der Waals surface area (Å²) in [6.45, 7) is 1.58. The molecule has 0 saturated carbocycles. The first-order valence-electron chi connectivity index (χ1n) is 6.31. The van der Waals surface area contributed by atoms with Crippen molar-refractivity contribution in [2.24, 2.45) is 0 Å². The number of fused-ring (bicyclic) bond motifs is 1. The normalized spacial score (nSPS) is 19.7. The number of benzene rings is 1. The summed E-state index contributed by atoms with van der Waals surface area (Å²) in [4.78, 5) is 27.3. The van der Waals surface area contributed by atoms with E-state index >= 15 is 0 Å². The van der Waals surface area contributed by atoms with Crippen molar-refractivity contribution in [2.45, 2.75) is 18.9 Å². The fraction of sp³-hybridized carbons (Fsp3) is 0.385. The number of H-pyrrole nitrogens is 1. The molecule has 1 aliphatic heterocycles. The van der Waals surface area contributed by atoms with E-state index in [0.717, 1.165) is 19.4 Å². The van der Waals surface area contributed by atoms with E-state index in [2.05, 4.69) is 10.3 Å². The molecule has 100 valence electrons. The molecule has 0 radical (unpaired) electrons. The van der Waals surface area contributed by atoms with Crippen LogP contribution in [-0.4, -0.2) is 22.6 Å². The van der Waals surface area contributed by atoms with Crippen LogP contribution in [0.25, 0.3) is 10.9 Å². The lowest BCUT2D eigenvalue weighted by Gasteiger charge is -2.24. The Kier molecular flexibility index (Phi) is 3.16. The zero-order valence-corrected chi connectivity index (χ0v) is 11.0. The summed E-state index contributed by atoms with van der Waals surface area (Å²) in [6, 6.07) is 4.82. The summed E-state index contributed by atoms with van der Waals surface area (Å²) in [5.41, 5.74) is -0.0945. The largest absolute Gasteiger partial charge is 0.329 e. The van der Waals surface area contributed by atoms with Crippen molar-refractivity contribution < 1.29 is 0 Å². The van der Waals surface area contributed by atoms with Gasteiger partial charge >= 0.3 is 5.69 Å². The Morgan fingerprint density at radius 2 is 2.16 bits per heavy atom. The minimum absolute atomic E-state index is 0.0895. The second kappa shape index (κ2) is 4.83. The first-order chi connectivity index (χ1) is 9.16. The van der Waals surface area contributed by atoms with Crippen LogP contribution in [0.15, 0.2) is 27.8 Å². The second-order valence-corrected chi connectivity index (χ2v) is 5.23. The highest BCUT2D eigenvalue weighted by atomic mass is 35.5. The van der Waals surface area contributed by atoms with Crippen molar-refractivity contribution in [3.05, 3.63) is 44.1 Å². The molecule has 0 amide bonds. The van der Waals surface area contributed by atoms with Crippen LogP contribution in [-0.2, 0) is 0 Å². The van der Waals surface area contributed by atoms with Gasteiger partial charge in [-0.3, -0.25) is 9.36 Å². The smallest absolute Gasteiger partial charge is 0.315 e. The van der Waals surface area contributed by atoms with Crippen molar-refractivity contribution in [3.63, 3.8) is 0 Å². The van der Waals surface area contributed by atoms with Crippen LogP contribution in [0.3, 0.4) is 0 Å². The topological polar surface area (TPSA) is 66.9 Å². The van der Waals surface area contributed by atoms with Gasteiger partial charge in [0.25, 0.3) is 5.56 Å². The van der Waals surface area contributed by atoms with Gasteiger partial charge in [0.15, 0.2) is 0 Å². The molecular weight excluding hydrogens is 266 g/mol. The molecule has 1 aromatic carbocycles. The molecule has 1 saturated heterocycles. The lowest BCUT2D eigenvalue weighted by molar-refractivity contribution is 0.355. The van der Waals surface area contributed by atoms with Crippen molar-refractivity contribution >= 4 is 22.5 Å². The summed E-state index contributed by atoms with van der Waals surface area (Å²) >= 11 is 5.92. The highest BCUT2D eigenvalue weighted by molar-refractivity contribution is 6.31. The Hall–Kier alpha value is -1.59. The molecule has 5 nitrogen and oxygen atoms in total. The summed E-state index contributed by atoms with van der Waals surface area (Å²) in [7, 11) is 0. The summed E-state index contributed by atoms with van der Waals surface area (Å²) in [6.07, 6.45) is 1.80. The summed E-state index contributed by atoms with van der Waals surface area (Å²) in [5.74, 6) is 0. The second-order valence-electron chi connectivity index (χ2n) is 4.80. The Morgan fingerprint density at radius 1 is 1.32 bits per heavy atom. The number of rotatable bonds is 1. The minimum atomic E-state index is -0.353. The van der Waals surface area contributed by atoms with Gasteiger partial charge in [-0.2, -0.15) is 0 Å². The van der Waals surface area contributed by atoms with Crippen LogP contribution in [0.4, 0.5) is 0 Å². The molecule has 1 fully saturated rings. The average molecular weight is 280 g/mol. The molecule has 1 aromatic heterocycles. The molecule has 2 aromatic rings. The minimum Gasteiger partial charge on any atom is -0.315 e. The van der Waals surface area contributed by atoms with Crippen molar-refractivity contribution in [2.75, 3.05) is 13.1 Å². The molecule has 19 heavy (non-hydrogen) atoms. The molecule has 1 unspecified atom stereocenters. The third-order valence-electron chi connectivity index (χ3n) is 3.53. The summed E-state index contributed by atoms with van der Waals surface area (Å²) < 4.78 is 1.31. The van der Waals surface area contributed by atoms with Crippen LogP contribution in [0.1, 0.15) is 18.9 Å². The van der Waals surface area contributed by atoms with E-state index in [-0.39, 0.29) is 17.3 Å². The van der Waals surface area contributed by atoms with Gasteiger partial charge in [-0.25, -0.2) is 4.79 Å². The Labute approximate surface area is 114 Å². The number of hydrogen-bond acceptors (Lipinski definition) is 3. The van der Waals surface area contributed by atoms with Gasteiger partial charge in [0.05, 0.1) is 16.9 Å². The molecule has 1 aliphatic rings. The number of piperidine rings is 1. The molecule has 3 rings (SSSR count). The highest BCUT2D eigenvalue weighted by Crippen LogP contribution is 2.16. The van der Waals surface area contributed by atoms with Gasteiger partial charge in [0.2, 0.25) is 0 Å². The van der Waals surface area contributed by atoms with Crippen molar-refractivity contribution in [1.82, 2.24) is 14.9 Å². The number of nitrogens with zero attached hydrogens (tertiary/aromatic N) is 1. The first-order valence-corrected chi connectivity index (χ1v) is 6.69. The number of nitrogens with one attached hydrogen (secondary N) is 2. The van der Waals surface area contributed by atoms with E-state index in [1.807, 2.05) is 0 Å². The maximum atomic E-state index is 12.5. The zero-order valence-electron chi connectivity index (χ0n) is 10.3. The monoisotopic (exact) mass is 279 g/mol. The highest BCUT2D eigenvalue weighted by Gasteiger charge is 2.19. The lowest BCUT2D eigenvalue weighted by atomic mass is 10.1.